The molecule has 0 saturated heterocycles. The second-order valence-corrected chi connectivity index (χ2v) is 9.84. The van der Waals surface area contributed by atoms with Crippen LogP contribution in [0.4, 0.5) is 10.1 Å². The Labute approximate surface area is 200 Å². The predicted molar refractivity (Wildman–Crippen MR) is 122 cm³/mol. The quantitative estimate of drug-likeness (QED) is 0.429. The second kappa shape index (κ2) is 7.94. The van der Waals surface area contributed by atoms with Crippen LogP contribution in [0.25, 0.3) is 0 Å². The SMILES string of the molecule is Cc1c(C(=O)C(=O)NC23CCC2C(C(N)=O)C3)c2n(c1C(=O)Nc1ccc(F)c(Cl)c1)CCC2. The van der Waals surface area contributed by atoms with Gasteiger partial charge in [-0.15, -0.1) is 0 Å². The highest BCUT2D eigenvalue weighted by Gasteiger charge is 2.62. The molecule has 0 radical (unpaired) electrons. The maximum atomic E-state index is 13.5. The van der Waals surface area contributed by atoms with Crippen LogP contribution in [0.2, 0.25) is 5.02 Å². The highest BCUT2D eigenvalue weighted by atomic mass is 35.5. The number of rotatable bonds is 6. The molecule has 178 valence electrons. The molecule has 3 amide bonds. The Morgan fingerprint density at radius 1 is 1.26 bits per heavy atom. The second-order valence-electron chi connectivity index (χ2n) is 9.43. The molecule has 2 fully saturated rings. The van der Waals surface area contributed by atoms with Gasteiger partial charge in [0, 0.05) is 29.4 Å². The van der Waals surface area contributed by atoms with E-state index in [2.05, 4.69) is 10.6 Å². The number of nitrogens with two attached hydrogens (primary N) is 1. The van der Waals surface area contributed by atoms with Crippen LogP contribution in [-0.2, 0) is 22.6 Å². The monoisotopic (exact) mass is 486 g/mol. The minimum atomic E-state index is -0.728. The summed E-state index contributed by atoms with van der Waals surface area (Å²) in [4.78, 5) is 50.9. The zero-order chi connectivity index (χ0) is 24.4. The van der Waals surface area contributed by atoms with Gasteiger partial charge in [-0.25, -0.2) is 4.39 Å². The van der Waals surface area contributed by atoms with Gasteiger partial charge in [0.25, 0.3) is 17.6 Å². The molecule has 3 aliphatic rings. The van der Waals surface area contributed by atoms with Gasteiger partial charge in [-0.1, -0.05) is 11.6 Å². The van der Waals surface area contributed by atoms with Crippen molar-refractivity contribution in [2.75, 3.05) is 5.32 Å². The van der Waals surface area contributed by atoms with E-state index in [1.54, 1.807) is 11.5 Å². The smallest absolute Gasteiger partial charge is 0.292 e. The molecule has 4 N–H and O–H groups in total. The number of nitrogens with zero attached hydrogens (tertiary/aromatic N) is 1. The fourth-order valence-corrected chi connectivity index (χ4v) is 6.03. The van der Waals surface area contributed by atoms with Gasteiger partial charge in [-0.2, -0.15) is 0 Å². The first kappa shape index (κ1) is 22.6. The van der Waals surface area contributed by atoms with Crippen molar-refractivity contribution in [2.24, 2.45) is 17.6 Å². The molecule has 2 saturated carbocycles. The molecule has 10 heteroatoms. The number of halogens is 2. The number of nitrogens with one attached hydrogen (secondary N) is 2. The van der Waals surface area contributed by atoms with Gasteiger partial charge in [0.1, 0.15) is 11.5 Å². The van der Waals surface area contributed by atoms with E-state index >= 15 is 0 Å². The summed E-state index contributed by atoms with van der Waals surface area (Å²) in [6.45, 7) is 2.19. The summed E-state index contributed by atoms with van der Waals surface area (Å²) in [5.74, 6) is -3.14. The van der Waals surface area contributed by atoms with E-state index in [1.165, 1.54) is 12.1 Å². The van der Waals surface area contributed by atoms with Gasteiger partial charge in [-0.05, 0) is 68.7 Å². The molecule has 0 bridgehead atoms. The first-order valence-electron chi connectivity index (χ1n) is 11.3. The van der Waals surface area contributed by atoms with E-state index in [4.69, 9.17) is 17.3 Å². The lowest BCUT2D eigenvalue weighted by molar-refractivity contribution is -0.149. The van der Waals surface area contributed by atoms with Crippen LogP contribution in [0.1, 0.15) is 57.8 Å². The van der Waals surface area contributed by atoms with E-state index in [0.717, 1.165) is 18.9 Å². The number of primary amides is 1. The van der Waals surface area contributed by atoms with Crippen LogP contribution < -0.4 is 16.4 Å². The fraction of sp³-hybridized carbons (Fsp3) is 0.417. The number of fused-ring (bicyclic) bond motifs is 2. The first-order valence-corrected chi connectivity index (χ1v) is 11.7. The number of hydrogen-bond donors (Lipinski definition) is 3. The molecular weight excluding hydrogens is 463 g/mol. The Hall–Kier alpha value is -3.20. The number of anilines is 1. The molecular formula is C24H24ClFN4O4. The number of amides is 3. The summed E-state index contributed by atoms with van der Waals surface area (Å²) in [5, 5.41) is 5.44. The van der Waals surface area contributed by atoms with Crippen molar-refractivity contribution in [3.8, 4) is 0 Å². The minimum Gasteiger partial charge on any atom is -0.369 e. The molecule has 1 aromatic carbocycles. The molecule has 34 heavy (non-hydrogen) atoms. The Morgan fingerprint density at radius 2 is 2.03 bits per heavy atom. The van der Waals surface area contributed by atoms with Crippen molar-refractivity contribution in [1.82, 2.24) is 9.88 Å². The zero-order valence-electron chi connectivity index (χ0n) is 18.5. The van der Waals surface area contributed by atoms with Crippen LogP contribution in [0, 0.1) is 24.6 Å². The van der Waals surface area contributed by atoms with Crippen LogP contribution >= 0.6 is 11.6 Å². The Bertz CT molecular complexity index is 1270. The summed E-state index contributed by atoms with van der Waals surface area (Å²) < 4.78 is 15.2. The van der Waals surface area contributed by atoms with Crippen LogP contribution in [0.3, 0.4) is 0 Å². The highest BCUT2D eigenvalue weighted by Crippen LogP contribution is 2.57. The van der Waals surface area contributed by atoms with Crippen LogP contribution in [0.5, 0.6) is 0 Å². The standard InChI is InChI=1S/C24H24ClFN4O4/c1-11-18(20(31)23(34)29-24-7-6-14(24)13(10-24)21(27)32)17-3-2-8-30(17)19(11)22(33)28-12-4-5-16(26)15(25)9-12/h4-5,9,13-14H,2-3,6-8,10H2,1H3,(H2,27,32)(H,28,33)(H,29,34). The van der Waals surface area contributed by atoms with E-state index in [-0.39, 0.29) is 28.3 Å². The molecule has 3 atom stereocenters. The summed E-state index contributed by atoms with van der Waals surface area (Å²) in [5.41, 5.74) is 6.83. The topological polar surface area (TPSA) is 123 Å². The fourth-order valence-electron chi connectivity index (χ4n) is 5.85. The van der Waals surface area contributed by atoms with Crippen molar-refractivity contribution in [3.63, 3.8) is 0 Å². The first-order chi connectivity index (χ1) is 16.1. The van der Waals surface area contributed by atoms with Crippen LogP contribution in [-0.4, -0.2) is 33.6 Å². The predicted octanol–water partition coefficient (Wildman–Crippen LogP) is 2.74. The van der Waals surface area contributed by atoms with E-state index in [9.17, 15) is 23.6 Å². The number of hydrogen-bond acceptors (Lipinski definition) is 4. The van der Waals surface area contributed by atoms with E-state index in [1.807, 2.05) is 0 Å². The van der Waals surface area contributed by atoms with Crippen molar-refractivity contribution in [1.29, 1.82) is 0 Å². The van der Waals surface area contributed by atoms with Crippen LogP contribution in [0.15, 0.2) is 18.2 Å². The Morgan fingerprint density at radius 3 is 2.65 bits per heavy atom. The molecule has 1 aliphatic heterocycles. The van der Waals surface area contributed by atoms with Gasteiger partial charge in [0.2, 0.25) is 5.91 Å². The van der Waals surface area contributed by atoms with Gasteiger partial charge in [-0.3, -0.25) is 19.2 Å². The molecule has 5 rings (SSSR count). The summed E-state index contributed by atoms with van der Waals surface area (Å²) in [7, 11) is 0. The lowest BCUT2D eigenvalue weighted by Gasteiger charge is -2.62. The maximum Gasteiger partial charge on any atom is 0.292 e. The summed E-state index contributed by atoms with van der Waals surface area (Å²) in [6.07, 6.45) is 3.27. The molecule has 8 nitrogen and oxygen atoms in total. The zero-order valence-corrected chi connectivity index (χ0v) is 19.3. The number of ketones is 1. The molecule has 1 aromatic heterocycles. The lowest BCUT2D eigenvalue weighted by atomic mass is 9.47. The average molecular weight is 487 g/mol. The highest BCUT2D eigenvalue weighted by molar-refractivity contribution is 6.44. The maximum absolute atomic E-state index is 13.5. The molecule has 2 aromatic rings. The minimum absolute atomic E-state index is 0.0218. The number of aromatic nitrogens is 1. The molecule has 0 spiro atoms. The Kier molecular flexibility index (Phi) is 5.27. The third kappa shape index (κ3) is 3.33. The van der Waals surface area contributed by atoms with Crippen molar-refractivity contribution < 1.29 is 23.6 Å². The van der Waals surface area contributed by atoms with Crippen molar-refractivity contribution in [2.45, 2.75) is 51.1 Å². The third-order valence-corrected chi connectivity index (χ3v) is 7.93. The summed E-state index contributed by atoms with van der Waals surface area (Å²) >= 11 is 5.81. The number of carbonyl (C=O) groups excluding carboxylic acids is 4. The van der Waals surface area contributed by atoms with Gasteiger partial charge >= 0.3 is 0 Å². The van der Waals surface area contributed by atoms with E-state index in [0.29, 0.717) is 48.4 Å². The summed E-state index contributed by atoms with van der Waals surface area (Å²) in [6, 6.07) is 3.86. The normalized spacial score (nSPS) is 24.3. The van der Waals surface area contributed by atoms with Gasteiger partial charge in [0.15, 0.2) is 0 Å². The van der Waals surface area contributed by atoms with E-state index < -0.39 is 29.0 Å². The average Bonchev–Trinajstić information content (AvgIpc) is 3.33. The van der Waals surface area contributed by atoms with Gasteiger partial charge in [0.05, 0.1) is 10.6 Å². The lowest BCUT2D eigenvalue weighted by Crippen LogP contribution is -2.72. The van der Waals surface area contributed by atoms with Crippen molar-refractivity contribution in [3.05, 3.63) is 51.6 Å². The number of benzene rings is 1. The molecule has 2 aliphatic carbocycles. The third-order valence-electron chi connectivity index (χ3n) is 7.64. The molecule has 2 heterocycles. The number of carbonyl (C=O) groups is 4. The largest absolute Gasteiger partial charge is 0.369 e. The molecule has 3 unspecified atom stereocenters. The number of Topliss-reactive ketones (excluding diaryl/α,β-unsaturated/α-hetero) is 1. The Balaban J connectivity index is 1.39. The van der Waals surface area contributed by atoms with Crippen molar-refractivity contribution >= 4 is 40.8 Å². The van der Waals surface area contributed by atoms with Gasteiger partial charge < -0.3 is 20.9 Å².